The Bertz CT molecular complexity index is 191. The summed E-state index contributed by atoms with van der Waals surface area (Å²) in [5.74, 6) is 0.369. The number of hydrogen-bond donors (Lipinski definition) is 2. The summed E-state index contributed by atoms with van der Waals surface area (Å²) in [6.45, 7) is 6.47. The highest BCUT2D eigenvalue weighted by atomic mass is 16.2. The van der Waals surface area contributed by atoms with Gasteiger partial charge in [-0.25, -0.2) is 0 Å². The van der Waals surface area contributed by atoms with Gasteiger partial charge in [-0.05, 0) is 18.8 Å². The van der Waals surface area contributed by atoms with Crippen molar-refractivity contribution in [2.75, 3.05) is 13.1 Å². The van der Waals surface area contributed by atoms with Crippen molar-refractivity contribution in [1.82, 2.24) is 10.6 Å². The van der Waals surface area contributed by atoms with Gasteiger partial charge in [0.25, 0.3) is 0 Å². The molecule has 0 saturated heterocycles. The second-order valence-corrected chi connectivity index (χ2v) is 3.80. The van der Waals surface area contributed by atoms with Gasteiger partial charge in [0, 0.05) is 13.5 Å². The summed E-state index contributed by atoms with van der Waals surface area (Å²) < 4.78 is 0. The highest BCUT2D eigenvalue weighted by Crippen LogP contribution is 2.01. The number of rotatable bonds is 6. The van der Waals surface area contributed by atoms with Crippen LogP contribution < -0.4 is 10.6 Å². The van der Waals surface area contributed by atoms with E-state index in [0.29, 0.717) is 12.5 Å². The Morgan fingerprint density at radius 3 is 2.36 bits per heavy atom. The molecule has 4 heteroatoms. The molecule has 0 fully saturated rings. The summed E-state index contributed by atoms with van der Waals surface area (Å²) in [7, 11) is 0. The van der Waals surface area contributed by atoms with E-state index in [9.17, 15) is 9.59 Å². The molecule has 0 aromatic carbocycles. The molecule has 14 heavy (non-hydrogen) atoms. The van der Waals surface area contributed by atoms with Gasteiger partial charge in [0.1, 0.15) is 0 Å². The molecule has 0 radical (unpaired) electrons. The molecule has 0 rings (SSSR count). The molecule has 0 spiro atoms. The third kappa shape index (κ3) is 9.03. The van der Waals surface area contributed by atoms with Crippen LogP contribution in [0.4, 0.5) is 0 Å². The molecule has 82 valence electrons. The Morgan fingerprint density at radius 1 is 1.21 bits per heavy atom. The predicted octanol–water partition coefficient (Wildman–Crippen LogP) is 0.675. The first kappa shape index (κ1) is 12.9. The molecule has 2 amide bonds. The van der Waals surface area contributed by atoms with Gasteiger partial charge >= 0.3 is 0 Å². The molecule has 0 aliphatic carbocycles. The average molecular weight is 200 g/mol. The fraction of sp³-hybridized carbons (Fsp3) is 0.800. The van der Waals surface area contributed by atoms with Crippen LogP contribution >= 0.6 is 0 Å². The summed E-state index contributed by atoms with van der Waals surface area (Å²) in [6, 6.07) is 0. The summed E-state index contributed by atoms with van der Waals surface area (Å²) in [5, 5.41) is 5.18. The number of amides is 2. The highest BCUT2D eigenvalue weighted by Gasteiger charge is 2.01. The van der Waals surface area contributed by atoms with Gasteiger partial charge in [-0.2, -0.15) is 0 Å². The number of nitrogens with one attached hydrogen (secondary N) is 2. The Kier molecular flexibility index (Phi) is 6.80. The van der Waals surface area contributed by atoms with Crippen molar-refractivity contribution >= 4 is 11.8 Å². The van der Waals surface area contributed by atoms with E-state index in [-0.39, 0.29) is 18.4 Å². The van der Waals surface area contributed by atoms with Crippen molar-refractivity contribution < 1.29 is 9.59 Å². The first-order valence-electron chi connectivity index (χ1n) is 5.03. The maximum absolute atomic E-state index is 11.1. The van der Waals surface area contributed by atoms with E-state index in [1.807, 2.05) is 0 Å². The molecule has 0 bridgehead atoms. The van der Waals surface area contributed by atoms with Crippen LogP contribution in [-0.2, 0) is 9.59 Å². The molecule has 0 atom stereocenters. The monoisotopic (exact) mass is 200 g/mol. The van der Waals surface area contributed by atoms with E-state index in [1.54, 1.807) is 0 Å². The van der Waals surface area contributed by atoms with Gasteiger partial charge in [0.2, 0.25) is 11.8 Å². The topological polar surface area (TPSA) is 58.2 Å². The molecule has 0 heterocycles. The van der Waals surface area contributed by atoms with Gasteiger partial charge in [-0.1, -0.05) is 13.8 Å². The standard InChI is InChI=1S/C10H20N2O2/c1-8(2)5-4-6-11-10(14)7-12-9(3)13/h8H,4-7H2,1-3H3,(H,11,14)(H,12,13). The summed E-state index contributed by atoms with van der Waals surface area (Å²) in [4.78, 5) is 21.5. The van der Waals surface area contributed by atoms with Crippen molar-refractivity contribution in [2.24, 2.45) is 5.92 Å². The van der Waals surface area contributed by atoms with E-state index < -0.39 is 0 Å². The number of carbonyl (C=O) groups excluding carboxylic acids is 2. The fourth-order valence-electron chi connectivity index (χ4n) is 1.01. The lowest BCUT2D eigenvalue weighted by Gasteiger charge is -2.06. The van der Waals surface area contributed by atoms with Crippen molar-refractivity contribution in [1.29, 1.82) is 0 Å². The minimum absolute atomic E-state index is 0.0804. The van der Waals surface area contributed by atoms with Gasteiger partial charge < -0.3 is 10.6 Å². The zero-order valence-electron chi connectivity index (χ0n) is 9.22. The molecule has 0 aliphatic heterocycles. The van der Waals surface area contributed by atoms with Crippen LogP contribution in [0, 0.1) is 5.92 Å². The van der Waals surface area contributed by atoms with Crippen molar-refractivity contribution in [3.05, 3.63) is 0 Å². The smallest absolute Gasteiger partial charge is 0.239 e. The van der Waals surface area contributed by atoms with Crippen molar-refractivity contribution in [3.63, 3.8) is 0 Å². The zero-order chi connectivity index (χ0) is 11.0. The maximum Gasteiger partial charge on any atom is 0.239 e. The van der Waals surface area contributed by atoms with E-state index in [2.05, 4.69) is 24.5 Å². The minimum Gasteiger partial charge on any atom is -0.355 e. The molecule has 0 aromatic heterocycles. The van der Waals surface area contributed by atoms with Crippen LogP contribution in [0.25, 0.3) is 0 Å². The van der Waals surface area contributed by atoms with Crippen molar-refractivity contribution in [3.8, 4) is 0 Å². The van der Waals surface area contributed by atoms with E-state index in [0.717, 1.165) is 12.8 Å². The molecule has 0 unspecified atom stereocenters. The van der Waals surface area contributed by atoms with Crippen LogP contribution in [0.15, 0.2) is 0 Å². The third-order valence-electron chi connectivity index (χ3n) is 1.78. The summed E-state index contributed by atoms with van der Waals surface area (Å²) >= 11 is 0. The SMILES string of the molecule is CC(=O)NCC(=O)NCCCC(C)C. The normalized spacial score (nSPS) is 10.0. The molecule has 0 aliphatic rings. The van der Waals surface area contributed by atoms with E-state index in [1.165, 1.54) is 6.92 Å². The van der Waals surface area contributed by atoms with E-state index in [4.69, 9.17) is 0 Å². The Labute approximate surface area is 85.4 Å². The number of hydrogen-bond acceptors (Lipinski definition) is 2. The highest BCUT2D eigenvalue weighted by molar-refractivity contribution is 5.83. The molecular formula is C10H20N2O2. The maximum atomic E-state index is 11.1. The first-order chi connectivity index (χ1) is 6.52. The third-order valence-corrected chi connectivity index (χ3v) is 1.78. The molecule has 0 saturated carbocycles. The second-order valence-electron chi connectivity index (χ2n) is 3.80. The Balaban J connectivity index is 3.31. The Morgan fingerprint density at radius 2 is 1.86 bits per heavy atom. The second kappa shape index (κ2) is 7.35. The molecule has 2 N–H and O–H groups in total. The van der Waals surface area contributed by atoms with Crippen molar-refractivity contribution in [2.45, 2.75) is 33.6 Å². The van der Waals surface area contributed by atoms with Gasteiger partial charge in [-0.15, -0.1) is 0 Å². The first-order valence-corrected chi connectivity index (χ1v) is 5.03. The Hall–Kier alpha value is -1.06. The van der Waals surface area contributed by atoms with Crippen LogP contribution in [0.2, 0.25) is 0 Å². The lowest BCUT2D eigenvalue weighted by molar-refractivity contribution is -0.125. The van der Waals surface area contributed by atoms with Gasteiger partial charge in [0.15, 0.2) is 0 Å². The molecular weight excluding hydrogens is 180 g/mol. The van der Waals surface area contributed by atoms with Crippen LogP contribution in [0.3, 0.4) is 0 Å². The minimum atomic E-state index is -0.178. The van der Waals surface area contributed by atoms with E-state index >= 15 is 0 Å². The lowest BCUT2D eigenvalue weighted by atomic mass is 10.1. The number of carbonyl (C=O) groups is 2. The van der Waals surface area contributed by atoms with Crippen LogP contribution in [-0.4, -0.2) is 24.9 Å². The lowest BCUT2D eigenvalue weighted by Crippen LogP contribution is -2.36. The van der Waals surface area contributed by atoms with Crippen LogP contribution in [0.5, 0.6) is 0 Å². The quantitative estimate of drug-likeness (QED) is 0.619. The zero-order valence-corrected chi connectivity index (χ0v) is 9.22. The van der Waals surface area contributed by atoms with Gasteiger partial charge in [0.05, 0.1) is 6.54 Å². The van der Waals surface area contributed by atoms with Gasteiger partial charge in [-0.3, -0.25) is 9.59 Å². The predicted molar refractivity (Wildman–Crippen MR) is 55.8 cm³/mol. The molecule has 0 aromatic rings. The average Bonchev–Trinajstić information content (AvgIpc) is 2.08. The largest absolute Gasteiger partial charge is 0.355 e. The summed E-state index contributed by atoms with van der Waals surface area (Å²) in [5.41, 5.74) is 0. The summed E-state index contributed by atoms with van der Waals surface area (Å²) in [6.07, 6.45) is 2.10. The fourth-order valence-corrected chi connectivity index (χ4v) is 1.01. The van der Waals surface area contributed by atoms with Crippen LogP contribution in [0.1, 0.15) is 33.6 Å². The molecule has 4 nitrogen and oxygen atoms in total.